The fourth-order valence-corrected chi connectivity index (χ4v) is 2.60. The van der Waals surface area contributed by atoms with Crippen molar-refractivity contribution >= 4 is 30.7 Å². The van der Waals surface area contributed by atoms with Crippen LogP contribution in [0.1, 0.15) is 45.9 Å². The number of carbonyl (C=O) groups is 1. The van der Waals surface area contributed by atoms with E-state index in [9.17, 15) is 18.0 Å². The van der Waals surface area contributed by atoms with Gasteiger partial charge in [-0.15, -0.1) is 0 Å². The molecule has 1 amide bonds. The van der Waals surface area contributed by atoms with Crippen LogP contribution in [0.25, 0.3) is 6.08 Å². The number of rotatable bonds is 4. The lowest BCUT2D eigenvalue weighted by atomic mass is 9.77. The number of alkyl halides is 3. The van der Waals surface area contributed by atoms with Gasteiger partial charge in [-0.2, -0.15) is 13.2 Å². The van der Waals surface area contributed by atoms with E-state index < -0.39 is 30.2 Å². The lowest BCUT2D eigenvalue weighted by Gasteiger charge is -2.32. The van der Waals surface area contributed by atoms with Crippen molar-refractivity contribution in [2.75, 3.05) is 6.54 Å². The number of hydrogen-bond donors (Lipinski definition) is 1. The summed E-state index contributed by atoms with van der Waals surface area (Å²) < 4.78 is 50.9. The van der Waals surface area contributed by atoms with Gasteiger partial charge in [0.15, 0.2) is 0 Å². The summed E-state index contributed by atoms with van der Waals surface area (Å²) in [6, 6.07) is 2.18. The van der Waals surface area contributed by atoms with E-state index in [0.717, 1.165) is 6.07 Å². The zero-order valence-corrected chi connectivity index (χ0v) is 16.5. The lowest BCUT2D eigenvalue weighted by molar-refractivity contribution is -0.141. The largest absolute Gasteiger partial charge is 0.492 e. The second kappa shape index (κ2) is 7.45. The number of pyridine rings is 1. The maximum Gasteiger partial charge on any atom is 0.492 e. The minimum atomic E-state index is -4.63. The Morgan fingerprint density at radius 2 is 1.81 bits per heavy atom. The van der Waals surface area contributed by atoms with Crippen LogP contribution in [0.15, 0.2) is 17.6 Å². The molecule has 1 aromatic rings. The molecule has 0 atom stereocenters. The van der Waals surface area contributed by atoms with E-state index in [1.165, 1.54) is 19.1 Å². The van der Waals surface area contributed by atoms with Gasteiger partial charge in [0.1, 0.15) is 10.8 Å². The molecule has 0 unspecified atom stereocenters. The van der Waals surface area contributed by atoms with Crippen LogP contribution < -0.4 is 5.32 Å². The third kappa shape index (κ3) is 5.24. The molecule has 2 rings (SSSR count). The van der Waals surface area contributed by atoms with Gasteiger partial charge in [-0.25, -0.2) is 4.98 Å². The first-order chi connectivity index (χ1) is 12.2. The predicted octanol–water partition coefficient (Wildman–Crippen LogP) is 3.90. The average molecular weight is 405 g/mol. The molecule has 1 fully saturated rings. The van der Waals surface area contributed by atoms with Crippen molar-refractivity contribution in [1.29, 1.82) is 0 Å². The SMILES string of the molecule is CC(=O)NCC(=Cc1cc(Cl)nc(C(F)(F)F)c1)B1OC(C)(C)C(C)(C)O1. The summed E-state index contributed by atoms with van der Waals surface area (Å²) in [6.07, 6.45) is -3.17. The molecule has 1 aliphatic rings. The van der Waals surface area contributed by atoms with Crippen molar-refractivity contribution in [3.05, 3.63) is 34.0 Å². The van der Waals surface area contributed by atoms with Gasteiger partial charge in [0.05, 0.1) is 11.2 Å². The van der Waals surface area contributed by atoms with Crippen molar-refractivity contribution in [1.82, 2.24) is 10.3 Å². The quantitative estimate of drug-likeness (QED) is 0.611. The number of carbonyl (C=O) groups excluding carboxylic acids is 1. The zero-order chi connectivity index (χ0) is 20.6. The molecule has 10 heteroatoms. The number of amides is 1. The minimum Gasteiger partial charge on any atom is -0.400 e. The molecule has 5 nitrogen and oxygen atoms in total. The van der Waals surface area contributed by atoms with Crippen molar-refractivity contribution in [2.45, 2.75) is 52.0 Å². The summed E-state index contributed by atoms with van der Waals surface area (Å²) in [4.78, 5) is 14.6. The van der Waals surface area contributed by atoms with Crippen LogP contribution in [0.3, 0.4) is 0 Å². The Bertz CT molecular complexity index is 750. The van der Waals surface area contributed by atoms with Crippen LogP contribution in [0.4, 0.5) is 13.2 Å². The Balaban J connectivity index is 2.43. The fourth-order valence-electron chi connectivity index (χ4n) is 2.38. The Labute approximate surface area is 161 Å². The van der Waals surface area contributed by atoms with E-state index in [1.807, 2.05) is 27.7 Å². The molecule has 148 valence electrons. The van der Waals surface area contributed by atoms with Gasteiger partial charge in [0, 0.05) is 13.5 Å². The van der Waals surface area contributed by atoms with Crippen LogP contribution in [-0.2, 0) is 20.3 Å². The number of aromatic nitrogens is 1. The van der Waals surface area contributed by atoms with E-state index in [4.69, 9.17) is 20.9 Å². The number of nitrogens with one attached hydrogen (secondary N) is 1. The Morgan fingerprint density at radius 3 is 2.30 bits per heavy atom. The summed E-state index contributed by atoms with van der Waals surface area (Å²) >= 11 is 5.74. The van der Waals surface area contributed by atoms with Crippen molar-refractivity contribution in [3.63, 3.8) is 0 Å². The molecule has 0 radical (unpaired) electrons. The Hall–Kier alpha value is -1.58. The Morgan fingerprint density at radius 1 is 1.26 bits per heavy atom. The molecule has 1 N–H and O–H groups in total. The van der Waals surface area contributed by atoms with Crippen molar-refractivity contribution in [2.24, 2.45) is 0 Å². The lowest BCUT2D eigenvalue weighted by Crippen LogP contribution is -2.41. The molecule has 0 bridgehead atoms. The third-order valence-electron chi connectivity index (χ3n) is 4.56. The molecule has 27 heavy (non-hydrogen) atoms. The first-order valence-electron chi connectivity index (χ1n) is 8.26. The standard InChI is InChI=1S/C17H21BClF3N2O3/c1-10(25)23-9-12(18-26-15(2,3)16(4,5)27-18)6-11-7-13(17(20,21)22)24-14(19)8-11/h6-8H,9H2,1-5H3,(H,23,25). The van der Waals surface area contributed by atoms with Crippen LogP contribution in [0.2, 0.25) is 5.15 Å². The van der Waals surface area contributed by atoms with Gasteiger partial charge in [-0.1, -0.05) is 17.7 Å². The number of nitrogens with zero attached hydrogens (tertiary/aromatic N) is 1. The number of halogens is 4. The third-order valence-corrected chi connectivity index (χ3v) is 4.75. The Kier molecular flexibility index (Phi) is 5.99. The van der Waals surface area contributed by atoms with Crippen LogP contribution in [-0.4, -0.2) is 35.8 Å². The summed E-state index contributed by atoms with van der Waals surface area (Å²) in [5, 5.41) is 2.33. The molecule has 0 aromatic carbocycles. The predicted molar refractivity (Wildman–Crippen MR) is 97.0 cm³/mol. The smallest absolute Gasteiger partial charge is 0.400 e. The summed E-state index contributed by atoms with van der Waals surface area (Å²) in [5.74, 6) is -0.291. The van der Waals surface area contributed by atoms with Crippen molar-refractivity contribution < 1.29 is 27.3 Å². The molecular weight excluding hydrogens is 383 g/mol. The van der Waals surface area contributed by atoms with Crippen molar-refractivity contribution in [3.8, 4) is 0 Å². The van der Waals surface area contributed by atoms with E-state index in [-0.39, 0.29) is 23.2 Å². The fraction of sp³-hybridized carbons (Fsp3) is 0.529. The van der Waals surface area contributed by atoms with Gasteiger partial charge in [-0.05, 0) is 50.9 Å². The highest BCUT2D eigenvalue weighted by Crippen LogP contribution is 2.39. The maximum absolute atomic E-state index is 13.0. The maximum atomic E-state index is 13.0. The molecule has 2 heterocycles. The topological polar surface area (TPSA) is 60.5 Å². The van der Waals surface area contributed by atoms with Gasteiger partial charge >= 0.3 is 13.3 Å². The number of hydrogen-bond acceptors (Lipinski definition) is 4. The monoisotopic (exact) mass is 404 g/mol. The zero-order valence-electron chi connectivity index (χ0n) is 15.7. The van der Waals surface area contributed by atoms with Gasteiger partial charge in [-0.3, -0.25) is 4.79 Å². The highest BCUT2D eigenvalue weighted by atomic mass is 35.5. The van der Waals surface area contributed by atoms with Gasteiger partial charge in [0.2, 0.25) is 5.91 Å². The molecule has 0 saturated carbocycles. The highest BCUT2D eigenvalue weighted by Gasteiger charge is 2.52. The molecule has 1 aliphatic heterocycles. The summed E-state index contributed by atoms with van der Waals surface area (Å²) in [6.45, 7) is 8.81. The first-order valence-corrected chi connectivity index (χ1v) is 8.64. The second-order valence-electron chi connectivity index (χ2n) is 7.32. The molecule has 0 spiro atoms. The summed E-state index contributed by atoms with van der Waals surface area (Å²) in [5.41, 5.74) is -1.74. The molecule has 0 aliphatic carbocycles. The summed E-state index contributed by atoms with van der Waals surface area (Å²) in [7, 11) is -0.830. The van der Waals surface area contributed by atoms with E-state index >= 15 is 0 Å². The normalized spacial score (nSPS) is 19.3. The minimum absolute atomic E-state index is 0.0491. The average Bonchev–Trinajstić information content (AvgIpc) is 2.70. The molecule has 1 aromatic heterocycles. The van der Waals surface area contributed by atoms with E-state index in [0.29, 0.717) is 5.47 Å². The van der Waals surface area contributed by atoms with Gasteiger partial charge < -0.3 is 14.6 Å². The molecular formula is C17H21BClF3N2O3. The van der Waals surface area contributed by atoms with E-state index in [2.05, 4.69) is 10.3 Å². The first kappa shape index (κ1) is 21.7. The highest BCUT2D eigenvalue weighted by molar-refractivity contribution is 6.56. The van der Waals surface area contributed by atoms with Crippen LogP contribution >= 0.6 is 11.6 Å². The van der Waals surface area contributed by atoms with E-state index in [1.54, 1.807) is 0 Å². The molecule has 1 saturated heterocycles. The van der Waals surface area contributed by atoms with Crippen LogP contribution in [0.5, 0.6) is 0 Å². The van der Waals surface area contributed by atoms with Crippen LogP contribution in [0, 0.1) is 0 Å². The van der Waals surface area contributed by atoms with Gasteiger partial charge in [0.25, 0.3) is 0 Å². The second-order valence-corrected chi connectivity index (χ2v) is 7.71.